The van der Waals surface area contributed by atoms with Crippen LogP contribution in [0.1, 0.15) is 39.0 Å². The number of ether oxygens (including phenoxy) is 2. The first-order valence-electron chi connectivity index (χ1n) is 10.9. The summed E-state index contributed by atoms with van der Waals surface area (Å²) in [6, 6.07) is 15.5. The van der Waals surface area contributed by atoms with E-state index in [1.54, 1.807) is 38.3 Å². The highest BCUT2D eigenvalue weighted by atomic mass is 16.5. The standard InChI is InChI=1S/C26H25N5O5/c1-3-4-11-36-26(34)31-20-9-5-7-18(12-20)15-27-24(32)22-14-23(30-17-29-22)25(33)28-16-19-8-6-10-21(13-19)35-2/h5-10,12-14,17H,11,15-16H2,1-2H3,(H,27,32)(H,28,33)(H,31,34). The van der Waals surface area contributed by atoms with E-state index in [1.807, 2.05) is 24.3 Å². The van der Waals surface area contributed by atoms with Crippen molar-refractivity contribution in [2.75, 3.05) is 19.0 Å². The summed E-state index contributed by atoms with van der Waals surface area (Å²) < 4.78 is 10.1. The van der Waals surface area contributed by atoms with Gasteiger partial charge in [0.05, 0.1) is 7.11 Å². The third kappa shape index (κ3) is 7.85. The van der Waals surface area contributed by atoms with Crippen molar-refractivity contribution in [3.8, 4) is 17.6 Å². The van der Waals surface area contributed by atoms with E-state index >= 15 is 0 Å². The number of benzene rings is 2. The molecule has 3 N–H and O–H groups in total. The van der Waals surface area contributed by atoms with E-state index in [0.29, 0.717) is 11.4 Å². The molecule has 2 aromatic carbocycles. The smallest absolute Gasteiger partial charge is 0.412 e. The molecule has 36 heavy (non-hydrogen) atoms. The molecule has 3 rings (SSSR count). The number of aromatic nitrogens is 2. The molecule has 184 valence electrons. The van der Waals surface area contributed by atoms with Gasteiger partial charge in [-0.05, 0) is 42.3 Å². The lowest BCUT2D eigenvalue weighted by atomic mass is 10.2. The molecule has 0 aliphatic heterocycles. The maximum Gasteiger partial charge on any atom is 0.412 e. The van der Waals surface area contributed by atoms with Crippen molar-refractivity contribution >= 4 is 23.6 Å². The first-order chi connectivity index (χ1) is 17.5. The first-order valence-corrected chi connectivity index (χ1v) is 10.9. The van der Waals surface area contributed by atoms with Crippen LogP contribution in [0.15, 0.2) is 60.9 Å². The molecular formula is C26H25N5O5. The van der Waals surface area contributed by atoms with Crippen LogP contribution in [0, 0.1) is 11.8 Å². The van der Waals surface area contributed by atoms with Gasteiger partial charge in [-0.3, -0.25) is 14.9 Å². The van der Waals surface area contributed by atoms with E-state index in [4.69, 9.17) is 9.47 Å². The van der Waals surface area contributed by atoms with Crippen LogP contribution in [0.4, 0.5) is 10.5 Å². The zero-order chi connectivity index (χ0) is 25.8. The fourth-order valence-corrected chi connectivity index (χ4v) is 3.02. The fraction of sp³-hybridized carbons (Fsp3) is 0.192. The Kier molecular flexibility index (Phi) is 9.35. The molecule has 1 heterocycles. The summed E-state index contributed by atoms with van der Waals surface area (Å²) in [5.41, 5.74) is 2.21. The highest BCUT2D eigenvalue weighted by molar-refractivity contribution is 5.97. The summed E-state index contributed by atoms with van der Waals surface area (Å²) in [4.78, 5) is 44.8. The van der Waals surface area contributed by atoms with Gasteiger partial charge in [0.1, 0.15) is 23.5 Å². The van der Waals surface area contributed by atoms with Crippen molar-refractivity contribution in [2.45, 2.75) is 20.0 Å². The maximum atomic E-state index is 12.6. The van der Waals surface area contributed by atoms with E-state index in [9.17, 15) is 14.4 Å². The van der Waals surface area contributed by atoms with E-state index in [-0.39, 0.29) is 31.1 Å². The molecule has 0 radical (unpaired) electrons. The lowest BCUT2D eigenvalue weighted by Gasteiger charge is -2.09. The van der Waals surface area contributed by atoms with Crippen LogP contribution >= 0.6 is 0 Å². The Hall–Kier alpha value is -4.91. The molecule has 0 spiro atoms. The summed E-state index contributed by atoms with van der Waals surface area (Å²) in [5, 5.41) is 8.09. The Morgan fingerprint density at radius 1 is 0.889 bits per heavy atom. The number of hydrogen-bond donors (Lipinski definition) is 3. The second-order valence-corrected chi connectivity index (χ2v) is 7.33. The minimum Gasteiger partial charge on any atom is -0.497 e. The predicted octanol–water partition coefficient (Wildman–Crippen LogP) is 2.92. The van der Waals surface area contributed by atoms with Gasteiger partial charge in [-0.15, -0.1) is 5.92 Å². The van der Waals surface area contributed by atoms with Crippen LogP contribution < -0.4 is 20.7 Å². The molecule has 0 fully saturated rings. The molecular weight excluding hydrogens is 462 g/mol. The molecule has 0 bridgehead atoms. The summed E-state index contributed by atoms with van der Waals surface area (Å²) in [5.74, 6) is 5.04. The Balaban J connectivity index is 1.54. The van der Waals surface area contributed by atoms with Crippen LogP contribution in [0.25, 0.3) is 0 Å². The molecule has 0 atom stereocenters. The number of rotatable bonds is 9. The van der Waals surface area contributed by atoms with Crippen molar-refractivity contribution < 1.29 is 23.9 Å². The van der Waals surface area contributed by atoms with Gasteiger partial charge in [-0.1, -0.05) is 30.2 Å². The topological polar surface area (TPSA) is 132 Å². The number of anilines is 1. The number of nitrogens with zero attached hydrogens (tertiary/aromatic N) is 2. The highest BCUT2D eigenvalue weighted by Crippen LogP contribution is 2.13. The average Bonchev–Trinajstić information content (AvgIpc) is 2.91. The molecule has 0 saturated heterocycles. The number of hydrogen-bond acceptors (Lipinski definition) is 7. The molecule has 0 unspecified atom stereocenters. The monoisotopic (exact) mass is 487 g/mol. The predicted molar refractivity (Wildman–Crippen MR) is 132 cm³/mol. The quantitative estimate of drug-likeness (QED) is 0.396. The molecule has 0 aliphatic rings. The molecule has 10 heteroatoms. The van der Waals surface area contributed by atoms with Crippen molar-refractivity contribution in [3.63, 3.8) is 0 Å². The maximum absolute atomic E-state index is 12.6. The average molecular weight is 488 g/mol. The Bertz CT molecular complexity index is 1300. The van der Waals surface area contributed by atoms with Crippen LogP contribution in [0.5, 0.6) is 5.75 Å². The zero-order valence-electron chi connectivity index (χ0n) is 19.8. The number of carbonyl (C=O) groups is 3. The highest BCUT2D eigenvalue weighted by Gasteiger charge is 2.13. The second-order valence-electron chi connectivity index (χ2n) is 7.33. The third-order valence-corrected chi connectivity index (χ3v) is 4.80. The summed E-state index contributed by atoms with van der Waals surface area (Å²) in [6.45, 7) is 2.09. The van der Waals surface area contributed by atoms with E-state index < -0.39 is 17.9 Å². The number of carbonyl (C=O) groups excluding carboxylic acids is 3. The van der Waals surface area contributed by atoms with Gasteiger partial charge < -0.3 is 20.1 Å². The third-order valence-electron chi connectivity index (χ3n) is 4.80. The second kappa shape index (κ2) is 13.1. The largest absolute Gasteiger partial charge is 0.497 e. The Morgan fingerprint density at radius 3 is 2.17 bits per heavy atom. The van der Waals surface area contributed by atoms with Crippen LogP contribution in [0.2, 0.25) is 0 Å². The minimum absolute atomic E-state index is 0.00196. The molecule has 3 amide bonds. The SMILES string of the molecule is CC#CCOC(=O)Nc1cccc(CNC(=O)c2cc(C(=O)NCc3cccc(OC)c3)ncn2)c1. The summed E-state index contributed by atoms with van der Waals surface area (Å²) in [7, 11) is 1.57. The van der Waals surface area contributed by atoms with Crippen molar-refractivity contribution in [1.29, 1.82) is 0 Å². The van der Waals surface area contributed by atoms with Gasteiger partial charge in [-0.25, -0.2) is 14.8 Å². The fourth-order valence-electron chi connectivity index (χ4n) is 3.02. The van der Waals surface area contributed by atoms with Gasteiger partial charge in [0.15, 0.2) is 6.61 Å². The zero-order valence-corrected chi connectivity index (χ0v) is 19.8. The lowest BCUT2D eigenvalue weighted by molar-refractivity contribution is 0.0944. The number of methoxy groups -OCH3 is 1. The van der Waals surface area contributed by atoms with E-state index in [1.165, 1.54) is 6.07 Å². The molecule has 0 aliphatic carbocycles. The van der Waals surface area contributed by atoms with Crippen molar-refractivity contribution in [1.82, 2.24) is 20.6 Å². The van der Waals surface area contributed by atoms with Crippen molar-refractivity contribution in [2.24, 2.45) is 0 Å². The number of amides is 3. The van der Waals surface area contributed by atoms with Gasteiger partial charge in [0.25, 0.3) is 11.8 Å². The normalized spacial score (nSPS) is 9.83. The Labute approximate surface area is 208 Å². The van der Waals surface area contributed by atoms with Gasteiger partial charge in [-0.2, -0.15) is 0 Å². The van der Waals surface area contributed by atoms with Crippen molar-refractivity contribution in [3.05, 3.63) is 83.4 Å². The molecule has 3 aromatic rings. The summed E-state index contributed by atoms with van der Waals surface area (Å²) >= 11 is 0. The minimum atomic E-state index is -0.628. The van der Waals surface area contributed by atoms with Gasteiger partial charge >= 0.3 is 6.09 Å². The molecule has 10 nitrogen and oxygen atoms in total. The van der Waals surface area contributed by atoms with Crippen LogP contribution in [0.3, 0.4) is 0 Å². The summed E-state index contributed by atoms with van der Waals surface area (Å²) in [6.07, 6.45) is 0.533. The van der Waals surface area contributed by atoms with E-state index in [2.05, 4.69) is 37.8 Å². The van der Waals surface area contributed by atoms with Crippen LogP contribution in [-0.4, -0.2) is 41.6 Å². The molecule has 0 saturated carbocycles. The Morgan fingerprint density at radius 2 is 1.53 bits per heavy atom. The first kappa shape index (κ1) is 25.7. The van der Waals surface area contributed by atoms with Gasteiger partial charge in [0, 0.05) is 24.8 Å². The van der Waals surface area contributed by atoms with Gasteiger partial charge in [0.2, 0.25) is 0 Å². The lowest BCUT2D eigenvalue weighted by Crippen LogP contribution is -2.27. The number of nitrogens with one attached hydrogen (secondary N) is 3. The molecule has 1 aromatic heterocycles. The van der Waals surface area contributed by atoms with E-state index in [0.717, 1.165) is 17.5 Å². The van der Waals surface area contributed by atoms with Crippen LogP contribution in [-0.2, 0) is 17.8 Å².